The average Bonchev–Trinajstić information content (AvgIpc) is 2.56. The summed E-state index contributed by atoms with van der Waals surface area (Å²) in [4.78, 5) is 19.0. The Kier molecular flexibility index (Phi) is 4.60. The van der Waals surface area contributed by atoms with E-state index in [1.54, 1.807) is 6.20 Å². The molecule has 0 spiro atoms. The first kappa shape index (κ1) is 15.5. The third-order valence-electron chi connectivity index (χ3n) is 4.30. The summed E-state index contributed by atoms with van der Waals surface area (Å²) in [5.74, 6) is 1.60. The number of nitrogens with one attached hydrogen (secondary N) is 1. The van der Waals surface area contributed by atoms with Gasteiger partial charge in [-0.15, -0.1) is 0 Å². The van der Waals surface area contributed by atoms with E-state index in [1.807, 2.05) is 43.3 Å². The van der Waals surface area contributed by atoms with Crippen molar-refractivity contribution in [1.82, 2.24) is 4.98 Å². The minimum absolute atomic E-state index is 0.105. The van der Waals surface area contributed by atoms with Gasteiger partial charge in [0.05, 0.1) is 11.9 Å². The summed E-state index contributed by atoms with van der Waals surface area (Å²) in [7, 11) is 0. The number of anilines is 2. The molecular formula is C19H23N3O. The second kappa shape index (κ2) is 6.82. The first-order chi connectivity index (χ1) is 11.1. The molecule has 1 unspecified atom stereocenters. The molecule has 1 N–H and O–H groups in total. The van der Waals surface area contributed by atoms with Gasteiger partial charge in [0, 0.05) is 18.7 Å². The normalized spacial score (nSPS) is 17.8. The minimum Gasteiger partial charge on any atom is -0.356 e. The quantitative estimate of drug-likeness (QED) is 0.936. The number of aromatic nitrogens is 1. The molecule has 120 valence electrons. The van der Waals surface area contributed by atoms with E-state index in [0.717, 1.165) is 30.2 Å². The lowest BCUT2D eigenvalue weighted by Crippen LogP contribution is -2.34. The molecule has 0 aliphatic carbocycles. The molecule has 4 heteroatoms. The standard InChI is InChI=1S/C19H23N3O/c1-14-5-7-16(8-6-14)19(23)21-17-9-10-18(20-12-17)22-11-3-4-15(2)13-22/h5-10,12,15H,3-4,11,13H2,1-2H3,(H,21,23). The highest BCUT2D eigenvalue weighted by atomic mass is 16.1. The molecule has 0 saturated carbocycles. The fourth-order valence-corrected chi connectivity index (χ4v) is 2.95. The van der Waals surface area contributed by atoms with Crippen LogP contribution in [0.15, 0.2) is 42.6 Å². The third kappa shape index (κ3) is 3.89. The number of hydrogen-bond acceptors (Lipinski definition) is 3. The summed E-state index contributed by atoms with van der Waals surface area (Å²) in [5, 5.41) is 2.90. The predicted molar refractivity (Wildman–Crippen MR) is 94.0 cm³/mol. The molecule has 1 aromatic heterocycles. The molecule has 1 atom stereocenters. The van der Waals surface area contributed by atoms with Crippen LogP contribution in [0.2, 0.25) is 0 Å². The van der Waals surface area contributed by atoms with Crippen molar-refractivity contribution in [3.63, 3.8) is 0 Å². The van der Waals surface area contributed by atoms with Crippen LogP contribution in [0, 0.1) is 12.8 Å². The highest BCUT2D eigenvalue weighted by Crippen LogP contribution is 2.22. The molecule has 1 fully saturated rings. The van der Waals surface area contributed by atoms with Crippen molar-refractivity contribution in [3.8, 4) is 0 Å². The Labute approximate surface area is 137 Å². The lowest BCUT2D eigenvalue weighted by Gasteiger charge is -2.31. The van der Waals surface area contributed by atoms with Crippen LogP contribution in [0.1, 0.15) is 35.7 Å². The summed E-state index contributed by atoms with van der Waals surface area (Å²) >= 11 is 0. The van der Waals surface area contributed by atoms with Gasteiger partial charge in [-0.05, 0) is 49.9 Å². The third-order valence-corrected chi connectivity index (χ3v) is 4.30. The number of carbonyl (C=O) groups excluding carboxylic acids is 1. The molecule has 1 saturated heterocycles. The maximum absolute atomic E-state index is 12.2. The maximum Gasteiger partial charge on any atom is 0.255 e. The number of nitrogens with zero attached hydrogens (tertiary/aromatic N) is 2. The van der Waals surface area contributed by atoms with Gasteiger partial charge >= 0.3 is 0 Å². The molecule has 0 radical (unpaired) electrons. The van der Waals surface area contributed by atoms with E-state index in [1.165, 1.54) is 12.8 Å². The molecule has 1 aliphatic rings. The number of piperidine rings is 1. The summed E-state index contributed by atoms with van der Waals surface area (Å²) in [6.07, 6.45) is 4.25. The van der Waals surface area contributed by atoms with Crippen LogP contribution in [0.4, 0.5) is 11.5 Å². The summed E-state index contributed by atoms with van der Waals surface area (Å²) < 4.78 is 0. The summed E-state index contributed by atoms with van der Waals surface area (Å²) in [6.45, 7) is 6.41. The molecule has 23 heavy (non-hydrogen) atoms. The molecule has 3 rings (SSSR count). The molecule has 1 aliphatic heterocycles. The Bertz CT molecular complexity index is 664. The Morgan fingerprint density at radius 1 is 1.22 bits per heavy atom. The van der Waals surface area contributed by atoms with Crippen molar-refractivity contribution in [3.05, 3.63) is 53.7 Å². The lowest BCUT2D eigenvalue weighted by molar-refractivity contribution is 0.102. The number of pyridine rings is 1. The fourth-order valence-electron chi connectivity index (χ4n) is 2.95. The molecular weight excluding hydrogens is 286 g/mol. The van der Waals surface area contributed by atoms with Crippen molar-refractivity contribution in [2.45, 2.75) is 26.7 Å². The smallest absolute Gasteiger partial charge is 0.255 e. The van der Waals surface area contributed by atoms with Crippen LogP contribution in [-0.4, -0.2) is 24.0 Å². The van der Waals surface area contributed by atoms with Gasteiger partial charge in [-0.2, -0.15) is 0 Å². The average molecular weight is 309 g/mol. The zero-order chi connectivity index (χ0) is 16.2. The van der Waals surface area contributed by atoms with Gasteiger partial charge in [-0.1, -0.05) is 24.6 Å². The Balaban J connectivity index is 1.65. The second-order valence-corrected chi connectivity index (χ2v) is 6.42. The van der Waals surface area contributed by atoms with Crippen molar-refractivity contribution in [2.24, 2.45) is 5.92 Å². The second-order valence-electron chi connectivity index (χ2n) is 6.42. The molecule has 2 heterocycles. The van der Waals surface area contributed by atoms with E-state index in [-0.39, 0.29) is 5.91 Å². The maximum atomic E-state index is 12.2. The Hall–Kier alpha value is -2.36. The summed E-state index contributed by atoms with van der Waals surface area (Å²) in [6, 6.07) is 11.5. The zero-order valence-electron chi connectivity index (χ0n) is 13.7. The van der Waals surface area contributed by atoms with E-state index in [0.29, 0.717) is 11.5 Å². The van der Waals surface area contributed by atoms with Crippen LogP contribution < -0.4 is 10.2 Å². The van der Waals surface area contributed by atoms with Crippen molar-refractivity contribution >= 4 is 17.4 Å². The van der Waals surface area contributed by atoms with Crippen molar-refractivity contribution in [2.75, 3.05) is 23.3 Å². The lowest BCUT2D eigenvalue weighted by atomic mass is 10.0. The van der Waals surface area contributed by atoms with Crippen LogP contribution in [0.3, 0.4) is 0 Å². The van der Waals surface area contributed by atoms with E-state index in [9.17, 15) is 4.79 Å². The van der Waals surface area contributed by atoms with Gasteiger partial charge in [-0.25, -0.2) is 4.98 Å². The van der Waals surface area contributed by atoms with Gasteiger partial charge in [0.25, 0.3) is 5.91 Å². The van der Waals surface area contributed by atoms with Gasteiger partial charge in [0.1, 0.15) is 5.82 Å². The Morgan fingerprint density at radius 2 is 2.00 bits per heavy atom. The fraction of sp³-hybridized carbons (Fsp3) is 0.368. The van der Waals surface area contributed by atoms with Crippen molar-refractivity contribution < 1.29 is 4.79 Å². The highest BCUT2D eigenvalue weighted by molar-refractivity contribution is 6.04. The SMILES string of the molecule is Cc1ccc(C(=O)Nc2ccc(N3CCCC(C)C3)nc2)cc1. The van der Waals surface area contributed by atoms with Gasteiger partial charge < -0.3 is 10.2 Å². The van der Waals surface area contributed by atoms with Gasteiger partial charge in [0.15, 0.2) is 0 Å². The highest BCUT2D eigenvalue weighted by Gasteiger charge is 2.17. The van der Waals surface area contributed by atoms with Crippen LogP contribution in [0.25, 0.3) is 0 Å². The number of benzene rings is 1. The van der Waals surface area contributed by atoms with E-state index < -0.39 is 0 Å². The van der Waals surface area contributed by atoms with E-state index in [4.69, 9.17) is 0 Å². The molecule has 1 aromatic carbocycles. The molecule has 0 bridgehead atoms. The topological polar surface area (TPSA) is 45.2 Å². The molecule has 1 amide bonds. The van der Waals surface area contributed by atoms with Crippen molar-refractivity contribution in [1.29, 1.82) is 0 Å². The van der Waals surface area contributed by atoms with E-state index >= 15 is 0 Å². The number of aryl methyl sites for hydroxylation is 1. The molecule has 2 aromatic rings. The zero-order valence-corrected chi connectivity index (χ0v) is 13.7. The number of carbonyl (C=O) groups is 1. The molecule has 4 nitrogen and oxygen atoms in total. The van der Waals surface area contributed by atoms with Crippen LogP contribution in [-0.2, 0) is 0 Å². The Morgan fingerprint density at radius 3 is 2.65 bits per heavy atom. The van der Waals surface area contributed by atoms with Gasteiger partial charge in [0.2, 0.25) is 0 Å². The monoisotopic (exact) mass is 309 g/mol. The number of rotatable bonds is 3. The number of hydrogen-bond donors (Lipinski definition) is 1. The van der Waals surface area contributed by atoms with Crippen LogP contribution in [0.5, 0.6) is 0 Å². The minimum atomic E-state index is -0.105. The van der Waals surface area contributed by atoms with Crippen LogP contribution >= 0.6 is 0 Å². The first-order valence-electron chi connectivity index (χ1n) is 8.21. The van der Waals surface area contributed by atoms with E-state index in [2.05, 4.69) is 22.1 Å². The first-order valence-corrected chi connectivity index (χ1v) is 8.21. The largest absolute Gasteiger partial charge is 0.356 e. The summed E-state index contributed by atoms with van der Waals surface area (Å²) in [5.41, 5.74) is 2.53. The van der Waals surface area contributed by atoms with Gasteiger partial charge in [-0.3, -0.25) is 4.79 Å². The predicted octanol–water partition coefficient (Wildman–Crippen LogP) is 3.88. The number of amides is 1.